The lowest BCUT2D eigenvalue weighted by atomic mass is 9.82. The number of hydrogen-bond acceptors (Lipinski definition) is 3. The Kier molecular flexibility index (Phi) is 6.32. The second-order valence-corrected chi connectivity index (χ2v) is 8.51. The van der Waals surface area contributed by atoms with Crippen molar-refractivity contribution in [3.8, 4) is 0 Å². The molecule has 0 spiro atoms. The number of halogens is 2. The summed E-state index contributed by atoms with van der Waals surface area (Å²) in [6.07, 6.45) is 4.48. The van der Waals surface area contributed by atoms with Gasteiger partial charge in [-0.2, -0.15) is 0 Å². The lowest BCUT2D eigenvalue weighted by Gasteiger charge is -2.23. The van der Waals surface area contributed by atoms with Crippen LogP contribution in [0.5, 0.6) is 0 Å². The maximum atomic E-state index is 6.07. The minimum Gasteiger partial charge on any atom is -0.374 e. The first-order chi connectivity index (χ1) is 11.2. The highest BCUT2D eigenvalue weighted by molar-refractivity contribution is 14.0. The van der Waals surface area contributed by atoms with Gasteiger partial charge in [0.25, 0.3) is 0 Å². The maximum absolute atomic E-state index is 6.07. The SMILES string of the molecule is CCNC(=NCCc1ccc(Cl)s1)N1CC2C3CCC(O3)C2C1.I. The minimum atomic E-state index is 0. The van der Waals surface area contributed by atoms with Crippen molar-refractivity contribution in [2.75, 3.05) is 26.2 Å². The van der Waals surface area contributed by atoms with Crippen LogP contribution in [-0.4, -0.2) is 49.2 Å². The summed E-state index contributed by atoms with van der Waals surface area (Å²) >= 11 is 7.65. The Balaban J connectivity index is 0.00000169. The fourth-order valence-corrected chi connectivity index (χ4v) is 5.39. The number of guanidine groups is 1. The molecule has 3 aliphatic rings. The van der Waals surface area contributed by atoms with Crippen LogP contribution in [0.2, 0.25) is 4.34 Å². The Morgan fingerprint density at radius 2 is 2.04 bits per heavy atom. The second-order valence-electron chi connectivity index (χ2n) is 6.71. The van der Waals surface area contributed by atoms with Crippen LogP contribution in [0.4, 0.5) is 0 Å². The van der Waals surface area contributed by atoms with Crippen LogP contribution < -0.4 is 5.32 Å². The molecule has 4 atom stereocenters. The number of nitrogens with zero attached hydrogens (tertiary/aromatic N) is 2. The molecule has 3 fully saturated rings. The zero-order valence-corrected chi connectivity index (χ0v) is 17.8. The number of aliphatic imine (C=N–C) groups is 1. The van der Waals surface area contributed by atoms with Crippen LogP contribution in [0.25, 0.3) is 0 Å². The van der Waals surface area contributed by atoms with Crippen LogP contribution >= 0.6 is 46.9 Å². The van der Waals surface area contributed by atoms with E-state index in [0.717, 1.165) is 42.9 Å². The van der Waals surface area contributed by atoms with Gasteiger partial charge >= 0.3 is 0 Å². The van der Waals surface area contributed by atoms with E-state index in [1.165, 1.54) is 17.7 Å². The normalized spacial score (nSPS) is 31.2. The van der Waals surface area contributed by atoms with Crippen LogP contribution in [0, 0.1) is 11.8 Å². The summed E-state index contributed by atoms with van der Waals surface area (Å²) in [6.45, 7) is 6.07. The average Bonchev–Trinajstić information content (AvgIpc) is 3.28. The first-order valence-electron chi connectivity index (χ1n) is 8.67. The van der Waals surface area contributed by atoms with Gasteiger partial charge in [0, 0.05) is 49.3 Å². The van der Waals surface area contributed by atoms with Gasteiger partial charge in [0.05, 0.1) is 16.5 Å². The Morgan fingerprint density at radius 3 is 2.62 bits per heavy atom. The molecule has 0 radical (unpaired) electrons. The third kappa shape index (κ3) is 3.71. The summed E-state index contributed by atoms with van der Waals surface area (Å²) < 4.78 is 6.93. The number of likely N-dealkylation sites (tertiary alicyclic amines) is 1. The number of hydrogen-bond donors (Lipinski definition) is 1. The summed E-state index contributed by atoms with van der Waals surface area (Å²) in [7, 11) is 0. The second kappa shape index (κ2) is 8.10. The monoisotopic (exact) mass is 481 g/mol. The van der Waals surface area contributed by atoms with Crippen molar-refractivity contribution in [1.29, 1.82) is 0 Å². The molecule has 4 heterocycles. The molecular weight excluding hydrogens is 457 g/mol. The number of ether oxygens (including phenoxy) is 1. The molecule has 2 bridgehead atoms. The van der Waals surface area contributed by atoms with E-state index in [2.05, 4.69) is 23.2 Å². The minimum absolute atomic E-state index is 0. The molecule has 1 aromatic rings. The third-order valence-corrected chi connectivity index (χ3v) is 6.63. The Morgan fingerprint density at radius 1 is 1.33 bits per heavy atom. The molecule has 4 unspecified atom stereocenters. The smallest absolute Gasteiger partial charge is 0.193 e. The molecule has 134 valence electrons. The van der Waals surface area contributed by atoms with Gasteiger partial charge in [0.15, 0.2) is 5.96 Å². The molecule has 7 heteroatoms. The van der Waals surface area contributed by atoms with Crippen LogP contribution in [-0.2, 0) is 11.2 Å². The number of thiophene rings is 1. The first-order valence-corrected chi connectivity index (χ1v) is 9.87. The molecule has 0 amide bonds. The fraction of sp³-hybridized carbons (Fsp3) is 0.706. The van der Waals surface area contributed by atoms with Crippen LogP contribution in [0.1, 0.15) is 24.6 Å². The van der Waals surface area contributed by atoms with Crippen molar-refractivity contribution in [1.82, 2.24) is 10.2 Å². The predicted molar refractivity (Wildman–Crippen MR) is 111 cm³/mol. The fourth-order valence-electron chi connectivity index (χ4n) is 4.32. The maximum Gasteiger partial charge on any atom is 0.193 e. The molecule has 3 aliphatic heterocycles. The molecular formula is C17H25ClIN3OS. The lowest BCUT2D eigenvalue weighted by Crippen LogP contribution is -2.41. The van der Waals surface area contributed by atoms with Crippen molar-refractivity contribution in [3.05, 3.63) is 21.3 Å². The van der Waals surface area contributed by atoms with E-state index >= 15 is 0 Å². The van der Waals surface area contributed by atoms with E-state index in [4.69, 9.17) is 21.3 Å². The largest absolute Gasteiger partial charge is 0.374 e. The zero-order valence-electron chi connectivity index (χ0n) is 13.9. The molecule has 1 aromatic heterocycles. The highest BCUT2D eigenvalue weighted by Crippen LogP contribution is 2.47. The number of fused-ring (bicyclic) bond motifs is 5. The standard InChI is InChI=1S/C17H24ClN3OS.HI/c1-2-19-17(20-8-7-11-3-6-16(18)23-11)21-9-12-13(10-21)15-5-4-14(12)22-15;/h3,6,12-15H,2,4-5,7-10H2,1H3,(H,19,20);1H. The molecule has 24 heavy (non-hydrogen) atoms. The van der Waals surface area contributed by atoms with Crippen molar-refractivity contribution in [2.24, 2.45) is 16.8 Å². The average molecular weight is 482 g/mol. The van der Waals surface area contributed by atoms with Gasteiger partial charge in [-0.25, -0.2) is 0 Å². The highest BCUT2D eigenvalue weighted by atomic mass is 127. The quantitative estimate of drug-likeness (QED) is 0.405. The van der Waals surface area contributed by atoms with E-state index in [9.17, 15) is 0 Å². The molecule has 0 saturated carbocycles. The molecule has 4 nitrogen and oxygen atoms in total. The van der Waals surface area contributed by atoms with Gasteiger partial charge in [-0.05, 0) is 31.9 Å². The van der Waals surface area contributed by atoms with Gasteiger partial charge in [-0.3, -0.25) is 4.99 Å². The summed E-state index contributed by atoms with van der Waals surface area (Å²) in [4.78, 5) is 8.61. The van der Waals surface area contributed by atoms with Crippen LogP contribution in [0.15, 0.2) is 17.1 Å². The van der Waals surface area contributed by atoms with Gasteiger partial charge in [0.1, 0.15) is 0 Å². The van der Waals surface area contributed by atoms with Gasteiger partial charge < -0.3 is 15.0 Å². The van der Waals surface area contributed by atoms with Crippen molar-refractivity contribution >= 4 is 52.9 Å². The molecule has 0 aromatic carbocycles. The van der Waals surface area contributed by atoms with Crippen molar-refractivity contribution < 1.29 is 4.74 Å². The number of nitrogens with one attached hydrogen (secondary N) is 1. The van der Waals surface area contributed by atoms with Crippen molar-refractivity contribution in [3.63, 3.8) is 0 Å². The van der Waals surface area contributed by atoms with Gasteiger partial charge in [-0.1, -0.05) is 11.6 Å². The summed E-state index contributed by atoms with van der Waals surface area (Å²) in [5.74, 6) is 2.51. The van der Waals surface area contributed by atoms with E-state index in [-0.39, 0.29) is 24.0 Å². The molecule has 3 saturated heterocycles. The number of rotatable bonds is 4. The van der Waals surface area contributed by atoms with E-state index in [1.807, 2.05) is 6.07 Å². The molecule has 0 aliphatic carbocycles. The van der Waals surface area contributed by atoms with E-state index < -0.39 is 0 Å². The predicted octanol–water partition coefficient (Wildman–Crippen LogP) is 3.64. The Hall–Kier alpha value is -0.0500. The summed E-state index contributed by atoms with van der Waals surface area (Å²) in [5, 5.41) is 3.47. The third-order valence-electron chi connectivity index (χ3n) is 5.34. The summed E-state index contributed by atoms with van der Waals surface area (Å²) in [5.41, 5.74) is 0. The molecule has 1 N–H and O–H groups in total. The first kappa shape index (κ1) is 18.7. The van der Waals surface area contributed by atoms with E-state index in [0.29, 0.717) is 24.0 Å². The zero-order chi connectivity index (χ0) is 15.8. The Labute approximate surface area is 170 Å². The highest BCUT2D eigenvalue weighted by Gasteiger charge is 2.53. The van der Waals surface area contributed by atoms with Gasteiger partial charge in [0.2, 0.25) is 0 Å². The topological polar surface area (TPSA) is 36.9 Å². The van der Waals surface area contributed by atoms with Crippen LogP contribution in [0.3, 0.4) is 0 Å². The van der Waals surface area contributed by atoms with E-state index in [1.54, 1.807) is 11.3 Å². The van der Waals surface area contributed by atoms with Gasteiger partial charge in [-0.15, -0.1) is 35.3 Å². The lowest BCUT2D eigenvalue weighted by molar-refractivity contribution is 0.0767. The van der Waals surface area contributed by atoms with Crippen molar-refractivity contribution in [2.45, 2.75) is 38.4 Å². The molecule has 4 rings (SSSR count). The Bertz CT molecular complexity index is 578. The summed E-state index contributed by atoms with van der Waals surface area (Å²) in [6, 6.07) is 4.07.